The van der Waals surface area contributed by atoms with Gasteiger partial charge in [0.05, 0.1) is 4.92 Å². The van der Waals surface area contributed by atoms with Crippen LogP contribution in [0.2, 0.25) is 0 Å². The third-order valence-corrected chi connectivity index (χ3v) is 4.01. The first-order chi connectivity index (χ1) is 13.1. The normalized spacial score (nSPS) is 11.7. The van der Waals surface area contributed by atoms with Gasteiger partial charge in [-0.3, -0.25) is 10.1 Å². The van der Waals surface area contributed by atoms with Gasteiger partial charge in [-0.25, -0.2) is 14.6 Å². The smallest absolute Gasteiger partial charge is 0.360 e. The van der Waals surface area contributed by atoms with E-state index in [0.717, 1.165) is 11.3 Å². The van der Waals surface area contributed by atoms with E-state index in [-0.39, 0.29) is 23.1 Å². The molecule has 3 N–H and O–H groups in total. The lowest BCUT2D eigenvalue weighted by Crippen LogP contribution is -2.36. The van der Waals surface area contributed by atoms with Gasteiger partial charge in [-0.2, -0.15) is 0 Å². The van der Waals surface area contributed by atoms with Crippen LogP contribution >= 0.6 is 11.3 Å². The predicted molar refractivity (Wildman–Crippen MR) is 98.8 cm³/mol. The average Bonchev–Trinajstić information content (AvgIpc) is 3.05. The van der Waals surface area contributed by atoms with Gasteiger partial charge in [0.2, 0.25) is 11.3 Å². The van der Waals surface area contributed by atoms with Crippen molar-refractivity contribution < 1.29 is 29.2 Å². The van der Waals surface area contributed by atoms with Crippen molar-refractivity contribution in [3.8, 4) is 0 Å². The molecule has 0 aliphatic carbocycles. The number of carbonyl (C=O) groups excluding carboxylic acids is 1. The van der Waals surface area contributed by atoms with Crippen LogP contribution in [0.15, 0.2) is 34.8 Å². The SMILES string of the molecule is CC(C)(O/N=C(\C(=O)O)c1csc(N)n1)C(=O)OCc1ccc([N+](=O)[O-])cc1. The van der Waals surface area contributed by atoms with Gasteiger partial charge in [0, 0.05) is 17.5 Å². The largest absolute Gasteiger partial charge is 0.476 e. The van der Waals surface area contributed by atoms with Crippen LogP contribution < -0.4 is 5.73 Å². The zero-order valence-corrected chi connectivity index (χ0v) is 15.6. The van der Waals surface area contributed by atoms with E-state index in [1.54, 1.807) is 0 Å². The third-order valence-electron chi connectivity index (χ3n) is 3.34. The Balaban J connectivity index is 2.03. The Bertz CT molecular complexity index is 921. The standard InChI is InChI=1S/C16H16N4O7S/c1-16(2,27-19-12(13(21)22)11-8-28-15(17)18-11)14(23)26-7-9-3-5-10(6-4-9)20(24)25/h3-6,8H,7H2,1-2H3,(H2,17,18)(H,21,22)/b19-12-. The summed E-state index contributed by atoms with van der Waals surface area (Å²) >= 11 is 1.03. The second kappa shape index (κ2) is 8.43. The highest BCUT2D eigenvalue weighted by atomic mass is 32.1. The molecule has 0 aliphatic heterocycles. The second-order valence-electron chi connectivity index (χ2n) is 5.92. The fourth-order valence-electron chi connectivity index (χ4n) is 1.83. The second-order valence-corrected chi connectivity index (χ2v) is 6.81. The Morgan fingerprint density at radius 3 is 2.50 bits per heavy atom. The van der Waals surface area contributed by atoms with Gasteiger partial charge >= 0.3 is 11.9 Å². The minimum absolute atomic E-state index is 0.00467. The van der Waals surface area contributed by atoms with Crippen LogP contribution in [0.3, 0.4) is 0 Å². The Morgan fingerprint density at radius 2 is 2.00 bits per heavy atom. The summed E-state index contributed by atoms with van der Waals surface area (Å²) in [7, 11) is 0. The first-order valence-corrected chi connectivity index (χ1v) is 8.59. The number of non-ortho nitro benzene ring substituents is 1. The van der Waals surface area contributed by atoms with Crippen molar-refractivity contribution in [2.24, 2.45) is 5.16 Å². The molecular weight excluding hydrogens is 392 g/mol. The number of oxime groups is 1. The quantitative estimate of drug-likeness (QED) is 0.287. The fraction of sp³-hybridized carbons (Fsp3) is 0.250. The predicted octanol–water partition coefficient (Wildman–Crippen LogP) is 1.96. The molecule has 0 saturated heterocycles. The van der Waals surface area contributed by atoms with Crippen LogP contribution in [0.4, 0.5) is 10.8 Å². The van der Waals surface area contributed by atoms with E-state index in [9.17, 15) is 24.8 Å². The topological polar surface area (TPSA) is 167 Å². The van der Waals surface area contributed by atoms with Gasteiger partial charge in [0.25, 0.3) is 5.69 Å². The van der Waals surface area contributed by atoms with E-state index in [2.05, 4.69) is 10.1 Å². The number of carbonyl (C=O) groups is 2. The highest BCUT2D eigenvalue weighted by Crippen LogP contribution is 2.18. The fourth-order valence-corrected chi connectivity index (χ4v) is 2.37. The van der Waals surface area contributed by atoms with Crippen molar-refractivity contribution in [1.29, 1.82) is 0 Å². The van der Waals surface area contributed by atoms with E-state index < -0.39 is 28.2 Å². The van der Waals surface area contributed by atoms with Crippen molar-refractivity contribution in [3.05, 3.63) is 51.0 Å². The Labute approximate surface area is 162 Å². The summed E-state index contributed by atoms with van der Waals surface area (Å²) in [4.78, 5) is 42.5. The number of hydrogen-bond acceptors (Lipinski definition) is 10. The number of nitro benzene ring substituents is 1. The number of hydrogen-bond donors (Lipinski definition) is 2. The summed E-state index contributed by atoms with van der Waals surface area (Å²) in [5.41, 5.74) is 3.82. The van der Waals surface area contributed by atoms with E-state index in [4.69, 9.17) is 15.3 Å². The molecular formula is C16H16N4O7S. The third kappa shape index (κ3) is 5.23. The summed E-state index contributed by atoms with van der Waals surface area (Å²) in [6.07, 6.45) is 0. The van der Waals surface area contributed by atoms with Gasteiger partial charge < -0.3 is 20.4 Å². The summed E-state index contributed by atoms with van der Waals surface area (Å²) in [5.74, 6) is -2.21. The van der Waals surface area contributed by atoms with Gasteiger partial charge in [-0.1, -0.05) is 5.16 Å². The lowest BCUT2D eigenvalue weighted by Gasteiger charge is -2.20. The molecule has 0 aliphatic rings. The number of aromatic nitrogens is 1. The first-order valence-electron chi connectivity index (χ1n) is 7.71. The number of thiazole rings is 1. The Kier molecular flexibility index (Phi) is 6.26. The average molecular weight is 408 g/mol. The van der Waals surface area contributed by atoms with Crippen LogP contribution in [-0.2, 0) is 25.8 Å². The Hall–Kier alpha value is -3.54. The molecule has 0 fully saturated rings. The molecule has 28 heavy (non-hydrogen) atoms. The van der Waals surface area contributed by atoms with Crippen molar-refractivity contribution in [2.75, 3.05) is 5.73 Å². The molecule has 12 heteroatoms. The molecule has 11 nitrogen and oxygen atoms in total. The number of aliphatic carboxylic acids is 1. The monoisotopic (exact) mass is 408 g/mol. The zero-order valence-electron chi connectivity index (χ0n) is 14.8. The number of anilines is 1. The maximum absolute atomic E-state index is 12.2. The van der Waals surface area contributed by atoms with Crippen LogP contribution in [0.1, 0.15) is 25.1 Å². The molecule has 0 unspecified atom stereocenters. The number of esters is 1. The summed E-state index contributed by atoms with van der Waals surface area (Å²) in [6.45, 7) is 2.55. The lowest BCUT2D eigenvalue weighted by molar-refractivity contribution is -0.384. The van der Waals surface area contributed by atoms with E-state index >= 15 is 0 Å². The number of nitrogen functional groups attached to an aromatic ring is 1. The molecule has 0 spiro atoms. The number of carboxylic acid groups (broad SMARTS) is 1. The molecule has 2 aromatic rings. The number of nitrogens with two attached hydrogens (primary N) is 1. The van der Waals surface area contributed by atoms with E-state index in [0.29, 0.717) is 5.56 Å². The number of nitro groups is 1. The molecule has 0 amide bonds. The first kappa shape index (κ1) is 20.8. The molecule has 0 bridgehead atoms. The maximum atomic E-state index is 12.2. The highest BCUT2D eigenvalue weighted by molar-refractivity contribution is 7.13. The minimum atomic E-state index is -1.59. The molecule has 0 atom stereocenters. The zero-order chi connectivity index (χ0) is 20.9. The van der Waals surface area contributed by atoms with Crippen LogP contribution in [0.25, 0.3) is 0 Å². The number of rotatable bonds is 8. The molecule has 2 rings (SSSR count). The van der Waals surface area contributed by atoms with E-state index in [1.165, 1.54) is 43.5 Å². The summed E-state index contributed by atoms with van der Waals surface area (Å²) in [5, 5.41) is 24.9. The van der Waals surface area contributed by atoms with Gasteiger partial charge in [-0.15, -0.1) is 11.3 Å². The number of carboxylic acids is 1. The van der Waals surface area contributed by atoms with Crippen LogP contribution in [0.5, 0.6) is 0 Å². The lowest BCUT2D eigenvalue weighted by atomic mass is 10.1. The van der Waals surface area contributed by atoms with Gasteiger partial charge in [-0.05, 0) is 31.5 Å². The Morgan fingerprint density at radius 1 is 1.36 bits per heavy atom. The molecule has 1 aromatic heterocycles. The minimum Gasteiger partial charge on any atom is -0.476 e. The highest BCUT2D eigenvalue weighted by Gasteiger charge is 2.33. The van der Waals surface area contributed by atoms with Crippen LogP contribution in [0, 0.1) is 10.1 Å². The van der Waals surface area contributed by atoms with Crippen molar-refractivity contribution in [1.82, 2.24) is 4.98 Å². The van der Waals surface area contributed by atoms with Crippen molar-refractivity contribution in [2.45, 2.75) is 26.1 Å². The summed E-state index contributed by atoms with van der Waals surface area (Å²) < 4.78 is 5.11. The number of ether oxygens (including phenoxy) is 1. The number of nitrogens with zero attached hydrogens (tertiary/aromatic N) is 3. The summed E-state index contributed by atoms with van der Waals surface area (Å²) in [6, 6.07) is 5.47. The van der Waals surface area contributed by atoms with Crippen LogP contribution in [-0.4, -0.2) is 38.3 Å². The molecule has 0 saturated carbocycles. The molecule has 148 valence electrons. The van der Waals surface area contributed by atoms with E-state index in [1.807, 2.05) is 0 Å². The maximum Gasteiger partial charge on any atom is 0.360 e. The molecule has 1 heterocycles. The number of benzene rings is 1. The van der Waals surface area contributed by atoms with Gasteiger partial charge in [0.1, 0.15) is 12.3 Å². The molecule has 1 aromatic carbocycles. The van der Waals surface area contributed by atoms with Gasteiger partial charge in [0.15, 0.2) is 5.13 Å². The molecule has 0 radical (unpaired) electrons. The van der Waals surface area contributed by atoms with Crippen molar-refractivity contribution in [3.63, 3.8) is 0 Å². The van der Waals surface area contributed by atoms with Crippen molar-refractivity contribution >= 4 is 39.8 Å².